The molecule has 2 aromatic rings. The molecule has 0 fully saturated rings. The fraction of sp³-hybridized carbons (Fsp3) is 0.231. The normalized spacial score (nSPS) is 10.7. The van der Waals surface area contributed by atoms with Gasteiger partial charge in [-0.2, -0.15) is 5.10 Å². The molecule has 0 aliphatic heterocycles. The molecule has 0 radical (unpaired) electrons. The van der Waals surface area contributed by atoms with Gasteiger partial charge in [-0.25, -0.2) is 4.79 Å². The van der Waals surface area contributed by atoms with Gasteiger partial charge in [-0.3, -0.25) is 4.68 Å². The molecule has 4 nitrogen and oxygen atoms in total. The number of halogens is 1. The van der Waals surface area contributed by atoms with Crippen LogP contribution in [0.4, 0.5) is 0 Å². The van der Waals surface area contributed by atoms with Gasteiger partial charge < -0.3 is 5.11 Å². The number of thioether (sulfide) groups is 1. The predicted molar refractivity (Wildman–Crippen MR) is 77.0 cm³/mol. The molecule has 1 aromatic carbocycles. The van der Waals surface area contributed by atoms with Crippen LogP contribution in [-0.2, 0) is 7.05 Å². The van der Waals surface area contributed by atoms with E-state index in [-0.39, 0.29) is 5.69 Å². The van der Waals surface area contributed by atoms with Gasteiger partial charge in [0, 0.05) is 17.6 Å². The maximum atomic E-state index is 11.2. The minimum atomic E-state index is -1.01. The lowest BCUT2D eigenvalue weighted by Gasteiger charge is -2.06. The summed E-state index contributed by atoms with van der Waals surface area (Å²) >= 11 is 7.46. The quantitative estimate of drug-likeness (QED) is 0.877. The van der Waals surface area contributed by atoms with Gasteiger partial charge in [0.1, 0.15) is 0 Å². The standard InChI is InChI=1S/C13H13ClN2O2S/c1-3-19-12-10(13(17)18)15-16(2)11(12)8-5-4-6-9(14)7-8/h4-7H,3H2,1-2H3,(H,17,18). The molecule has 0 aliphatic rings. The fourth-order valence-corrected chi connectivity index (χ4v) is 3.01. The molecular formula is C13H13ClN2O2S. The Morgan fingerprint density at radius 2 is 2.26 bits per heavy atom. The van der Waals surface area contributed by atoms with Crippen LogP contribution < -0.4 is 0 Å². The highest BCUT2D eigenvalue weighted by atomic mass is 35.5. The van der Waals surface area contributed by atoms with Gasteiger partial charge in [-0.05, 0) is 17.9 Å². The molecule has 0 saturated heterocycles. The van der Waals surface area contributed by atoms with Gasteiger partial charge in [-0.15, -0.1) is 11.8 Å². The summed E-state index contributed by atoms with van der Waals surface area (Å²) in [5, 5.41) is 13.9. The summed E-state index contributed by atoms with van der Waals surface area (Å²) < 4.78 is 1.59. The summed E-state index contributed by atoms with van der Waals surface area (Å²) in [5.41, 5.74) is 1.74. The van der Waals surface area contributed by atoms with Crippen LogP contribution in [0.3, 0.4) is 0 Å². The zero-order valence-corrected chi connectivity index (χ0v) is 12.1. The number of aromatic nitrogens is 2. The van der Waals surface area contributed by atoms with Crippen molar-refractivity contribution in [1.29, 1.82) is 0 Å². The molecule has 1 N–H and O–H groups in total. The third kappa shape index (κ3) is 2.77. The molecule has 0 spiro atoms. The van der Waals surface area contributed by atoms with E-state index < -0.39 is 5.97 Å². The van der Waals surface area contributed by atoms with Crippen molar-refractivity contribution in [1.82, 2.24) is 9.78 Å². The molecule has 0 unspecified atom stereocenters. The second kappa shape index (κ2) is 5.67. The lowest BCUT2D eigenvalue weighted by Crippen LogP contribution is -2.00. The van der Waals surface area contributed by atoms with Crippen LogP contribution in [0.1, 0.15) is 17.4 Å². The summed E-state index contributed by atoms with van der Waals surface area (Å²) in [7, 11) is 1.74. The average molecular weight is 297 g/mol. The van der Waals surface area contributed by atoms with Crippen molar-refractivity contribution in [2.24, 2.45) is 7.05 Å². The van der Waals surface area contributed by atoms with E-state index in [9.17, 15) is 9.90 Å². The Morgan fingerprint density at radius 1 is 1.53 bits per heavy atom. The smallest absolute Gasteiger partial charge is 0.357 e. The van der Waals surface area contributed by atoms with Crippen LogP contribution >= 0.6 is 23.4 Å². The molecule has 0 atom stereocenters. The Labute approximate surface area is 120 Å². The minimum absolute atomic E-state index is 0.0873. The van der Waals surface area contributed by atoms with Gasteiger partial charge in [0.25, 0.3) is 0 Å². The number of hydrogen-bond donors (Lipinski definition) is 1. The maximum Gasteiger partial charge on any atom is 0.357 e. The largest absolute Gasteiger partial charge is 0.476 e. The first kappa shape index (κ1) is 14.0. The van der Waals surface area contributed by atoms with Gasteiger partial charge >= 0.3 is 5.97 Å². The number of rotatable bonds is 4. The first-order chi connectivity index (χ1) is 9.04. The molecule has 19 heavy (non-hydrogen) atoms. The second-order valence-corrected chi connectivity index (χ2v) is 5.61. The SMILES string of the molecule is CCSc1c(C(=O)O)nn(C)c1-c1cccc(Cl)c1. The molecule has 0 aliphatic carbocycles. The van der Waals surface area contributed by atoms with Crippen molar-refractivity contribution in [2.45, 2.75) is 11.8 Å². The van der Waals surface area contributed by atoms with E-state index in [1.54, 1.807) is 17.8 Å². The molecule has 6 heteroatoms. The second-order valence-electron chi connectivity index (χ2n) is 3.90. The van der Waals surface area contributed by atoms with Crippen molar-refractivity contribution in [3.05, 3.63) is 35.0 Å². The molecular weight excluding hydrogens is 284 g/mol. The van der Waals surface area contributed by atoms with E-state index in [4.69, 9.17) is 11.6 Å². The van der Waals surface area contributed by atoms with Crippen LogP contribution in [0, 0.1) is 0 Å². The van der Waals surface area contributed by atoms with Crippen molar-refractivity contribution in [3.8, 4) is 11.3 Å². The molecule has 0 bridgehead atoms. The molecule has 1 heterocycles. The third-order valence-corrected chi connectivity index (χ3v) is 3.79. The van der Waals surface area contributed by atoms with E-state index in [0.29, 0.717) is 9.92 Å². The topological polar surface area (TPSA) is 55.1 Å². The van der Waals surface area contributed by atoms with Crippen LogP contribution in [0.15, 0.2) is 29.2 Å². The fourth-order valence-electron chi connectivity index (χ4n) is 1.88. The Bertz CT molecular complexity index is 625. The van der Waals surface area contributed by atoms with Crippen LogP contribution in [0.25, 0.3) is 11.3 Å². The Morgan fingerprint density at radius 3 is 2.84 bits per heavy atom. The van der Waals surface area contributed by atoms with Crippen LogP contribution in [0.5, 0.6) is 0 Å². The van der Waals surface area contributed by atoms with Crippen LogP contribution in [0.2, 0.25) is 5.02 Å². The number of hydrogen-bond acceptors (Lipinski definition) is 3. The molecule has 0 amide bonds. The number of carboxylic acid groups (broad SMARTS) is 1. The Kier molecular flexibility index (Phi) is 4.17. The predicted octanol–water partition coefficient (Wildman–Crippen LogP) is 3.55. The highest BCUT2D eigenvalue weighted by molar-refractivity contribution is 7.99. The van der Waals surface area contributed by atoms with E-state index in [2.05, 4.69) is 5.10 Å². The lowest BCUT2D eigenvalue weighted by molar-refractivity contribution is 0.0686. The van der Waals surface area contributed by atoms with E-state index >= 15 is 0 Å². The number of carbonyl (C=O) groups is 1. The first-order valence-electron chi connectivity index (χ1n) is 5.73. The van der Waals surface area contributed by atoms with E-state index in [0.717, 1.165) is 17.0 Å². The summed E-state index contributed by atoms with van der Waals surface area (Å²) in [5.74, 6) is -0.237. The minimum Gasteiger partial charge on any atom is -0.476 e. The number of aromatic carboxylic acids is 1. The maximum absolute atomic E-state index is 11.2. The molecule has 0 saturated carbocycles. The Balaban J connectivity index is 2.65. The van der Waals surface area contributed by atoms with Gasteiger partial charge in [0.05, 0.1) is 10.6 Å². The van der Waals surface area contributed by atoms with E-state index in [1.807, 2.05) is 25.1 Å². The first-order valence-corrected chi connectivity index (χ1v) is 7.10. The van der Waals surface area contributed by atoms with Crippen molar-refractivity contribution in [2.75, 3.05) is 5.75 Å². The number of aryl methyl sites for hydroxylation is 1. The number of benzene rings is 1. The van der Waals surface area contributed by atoms with Gasteiger partial charge in [0.15, 0.2) is 5.69 Å². The number of nitrogens with zero attached hydrogens (tertiary/aromatic N) is 2. The summed E-state index contributed by atoms with van der Waals surface area (Å²) in [6, 6.07) is 7.33. The third-order valence-electron chi connectivity index (χ3n) is 2.59. The van der Waals surface area contributed by atoms with Crippen molar-refractivity contribution < 1.29 is 9.90 Å². The van der Waals surface area contributed by atoms with Crippen molar-refractivity contribution >= 4 is 29.3 Å². The highest BCUT2D eigenvalue weighted by Gasteiger charge is 2.22. The average Bonchev–Trinajstić information content (AvgIpc) is 2.67. The van der Waals surface area contributed by atoms with Gasteiger partial charge in [0.2, 0.25) is 0 Å². The monoisotopic (exact) mass is 296 g/mol. The van der Waals surface area contributed by atoms with E-state index in [1.165, 1.54) is 11.8 Å². The zero-order valence-electron chi connectivity index (χ0n) is 10.6. The summed E-state index contributed by atoms with van der Waals surface area (Å²) in [4.78, 5) is 11.9. The number of carboxylic acids is 1. The van der Waals surface area contributed by atoms with Crippen LogP contribution in [-0.4, -0.2) is 26.6 Å². The van der Waals surface area contributed by atoms with Crippen molar-refractivity contribution in [3.63, 3.8) is 0 Å². The zero-order chi connectivity index (χ0) is 14.0. The molecule has 100 valence electrons. The highest BCUT2D eigenvalue weighted by Crippen LogP contribution is 2.34. The molecule has 2 rings (SSSR count). The lowest BCUT2D eigenvalue weighted by atomic mass is 10.1. The Hall–Kier alpha value is -1.46. The summed E-state index contributed by atoms with van der Waals surface area (Å²) in [6.07, 6.45) is 0. The van der Waals surface area contributed by atoms with Gasteiger partial charge in [-0.1, -0.05) is 30.7 Å². The molecule has 1 aromatic heterocycles. The summed E-state index contributed by atoms with van der Waals surface area (Å²) in [6.45, 7) is 1.98.